The summed E-state index contributed by atoms with van der Waals surface area (Å²) in [5.41, 5.74) is 0.897. The monoisotopic (exact) mass is 332 g/mol. The van der Waals surface area contributed by atoms with Crippen LogP contribution in [0.25, 0.3) is 0 Å². The average molecular weight is 332 g/mol. The molecule has 1 unspecified atom stereocenters. The molecule has 5 heteroatoms. The highest BCUT2D eigenvalue weighted by atomic mass is 32.1. The molecule has 0 radical (unpaired) electrons. The molecule has 23 heavy (non-hydrogen) atoms. The Balaban J connectivity index is 1.46. The molecule has 0 spiro atoms. The summed E-state index contributed by atoms with van der Waals surface area (Å²) in [5.74, 6) is 1.48. The molecule has 1 fully saturated rings. The van der Waals surface area contributed by atoms with Crippen molar-refractivity contribution >= 4 is 11.3 Å². The van der Waals surface area contributed by atoms with E-state index in [1.807, 2.05) is 41.8 Å². The highest BCUT2D eigenvalue weighted by molar-refractivity contribution is 7.11. The fourth-order valence-corrected chi connectivity index (χ4v) is 4.10. The van der Waals surface area contributed by atoms with E-state index in [0.717, 1.165) is 17.9 Å². The predicted molar refractivity (Wildman–Crippen MR) is 93.0 cm³/mol. The minimum absolute atomic E-state index is 0.511. The van der Waals surface area contributed by atoms with E-state index in [-0.39, 0.29) is 0 Å². The van der Waals surface area contributed by atoms with Gasteiger partial charge in [-0.15, -0.1) is 11.3 Å². The van der Waals surface area contributed by atoms with Crippen molar-refractivity contribution < 1.29 is 9.84 Å². The molecular weight excluding hydrogens is 308 g/mol. The Kier molecular flexibility index (Phi) is 5.65. The van der Waals surface area contributed by atoms with Crippen LogP contribution in [0.2, 0.25) is 0 Å². The van der Waals surface area contributed by atoms with Crippen molar-refractivity contribution in [3.63, 3.8) is 0 Å². The molecule has 0 aliphatic heterocycles. The molecule has 0 bridgehead atoms. The van der Waals surface area contributed by atoms with Crippen molar-refractivity contribution in [2.45, 2.75) is 44.2 Å². The van der Waals surface area contributed by atoms with Gasteiger partial charge in [0.15, 0.2) is 0 Å². The zero-order valence-corrected chi connectivity index (χ0v) is 14.3. The van der Waals surface area contributed by atoms with E-state index >= 15 is 0 Å². The number of nitrogens with zero attached hydrogens (tertiary/aromatic N) is 1. The van der Waals surface area contributed by atoms with Gasteiger partial charge in [-0.2, -0.15) is 0 Å². The first-order valence-corrected chi connectivity index (χ1v) is 9.05. The molecule has 1 aromatic heterocycles. The van der Waals surface area contributed by atoms with Gasteiger partial charge in [0.1, 0.15) is 5.75 Å². The van der Waals surface area contributed by atoms with Gasteiger partial charge in [0, 0.05) is 30.1 Å². The lowest BCUT2D eigenvalue weighted by atomic mass is 10.1. The standard InChI is InChI=1S/C18H24N2O2S/c1-22-15-8-6-13(7-9-15)17(21)12-19-10-16-11-20-18(23-16)14-4-2-3-5-14/h6-9,11,14,17,19,21H,2-5,10,12H2,1H3. The summed E-state index contributed by atoms with van der Waals surface area (Å²) >= 11 is 1.81. The van der Waals surface area contributed by atoms with Gasteiger partial charge in [-0.25, -0.2) is 4.98 Å². The largest absolute Gasteiger partial charge is 0.497 e. The zero-order valence-electron chi connectivity index (χ0n) is 13.5. The Morgan fingerprint density at radius 1 is 1.30 bits per heavy atom. The van der Waals surface area contributed by atoms with Crippen LogP contribution in [0.3, 0.4) is 0 Å². The van der Waals surface area contributed by atoms with E-state index in [1.54, 1.807) is 7.11 Å². The van der Waals surface area contributed by atoms with Crippen LogP contribution in [0, 0.1) is 0 Å². The molecule has 1 aromatic carbocycles. The molecule has 0 saturated heterocycles. The van der Waals surface area contributed by atoms with Gasteiger partial charge in [-0.1, -0.05) is 25.0 Å². The molecule has 4 nitrogen and oxygen atoms in total. The lowest BCUT2D eigenvalue weighted by molar-refractivity contribution is 0.174. The number of aromatic nitrogens is 1. The van der Waals surface area contributed by atoms with Crippen molar-refractivity contribution in [3.8, 4) is 5.75 Å². The number of hydrogen-bond donors (Lipinski definition) is 2. The third-order valence-electron chi connectivity index (χ3n) is 4.41. The molecule has 3 rings (SSSR count). The second-order valence-electron chi connectivity index (χ2n) is 6.07. The molecule has 1 heterocycles. The number of benzene rings is 1. The third kappa shape index (κ3) is 4.31. The Morgan fingerprint density at radius 3 is 2.74 bits per heavy atom. The van der Waals surface area contributed by atoms with Crippen molar-refractivity contribution in [2.24, 2.45) is 0 Å². The van der Waals surface area contributed by atoms with Crippen LogP contribution in [-0.2, 0) is 6.54 Å². The number of aliphatic hydroxyl groups excluding tert-OH is 1. The van der Waals surface area contributed by atoms with E-state index in [9.17, 15) is 5.11 Å². The molecule has 1 aliphatic carbocycles. The van der Waals surface area contributed by atoms with Gasteiger partial charge >= 0.3 is 0 Å². The van der Waals surface area contributed by atoms with Crippen LogP contribution in [0.1, 0.15) is 53.2 Å². The second-order valence-corrected chi connectivity index (χ2v) is 7.21. The molecular formula is C18H24N2O2S. The van der Waals surface area contributed by atoms with Crippen molar-refractivity contribution in [1.29, 1.82) is 0 Å². The van der Waals surface area contributed by atoms with Gasteiger partial charge in [-0.05, 0) is 30.5 Å². The molecule has 2 N–H and O–H groups in total. The van der Waals surface area contributed by atoms with Crippen LogP contribution >= 0.6 is 11.3 Å². The Bertz CT molecular complexity index is 606. The van der Waals surface area contributed by atoms with E-state index in [2.05, 4.69) is 10.3 Å². The van der Waals surface area contributed by atoms with E-state index in [4.69, 9.17) is 4.74 Å². The topological polar surface area (TPSA) is 54.4 Å². The number of hydrogen-bond acceptors (Lipinski definition) is 5. The van der Waals surface area contributed by atoms with Gasteiger partial charge in [0.2, 0.25) is 0 Å². The lowest BCUT2D eigenvalue weighted by Crippen LogP contribution is -2.20. The van der Waals surface area contributed by atoms with Gasteiger partial charge in [-0.3, -0.25) is 0 Å². The number of rotatable bonds is 7. The third-order valence-corrected chi connectivity index (χ3v) is 5.57. The molecule has 0 amide bonds. The highest BCUT2D eigenvalue weighted by Crippen LogP contribution is 2.36. The lowest BCUT2D eigenvalue weighted by Gasteiger charge is -2.12. The summed E-state index contributed by atoms with van der Waals surface area (Å²) < 4.78 is 5.13. The number of thiazole rings is 1. The summed E-state index contributed by atoms with van der Waals surface area (Å²) in [6.45, 7) is 1.29. The molecule has 2 aromatic rings. The van der Waals surface area contributed by atoms with E-state index in [1.165, 1.54) is 35.6 Å². The van der Waals surface area contributed by atoms with E-state index in [0.29, 0.717) is 12.5 Å². The normalized spacial score (nSPS) is 16.6. The zero-order chi connectivity index (χ0) is 16.1. The Hall–Kier alpha value is -1.43. The van der Waals surface area contributed by atoms with Crippen LogP contribution in [0.15, 0.2) is 30.5 Å². The second kappa shape index (κ2) is 7.90. The number of aliphatic hydroxyl groups is 1. The molecule has 1 aliphatic rings. The first-order valence-electron chi connectivity index (χ1n) is 8.23. The smallest absolute Gasteiger partial charge is 0.118 e. The van der Waals surface area contributed by atoms with Crippen LogP contribution in [0.4, 0.5) is 0 Å². The van der Waals surface area contributed by atoms with Crippen LogP contribution in [-0.4, -0.2) is 23.7 Å². The summed E-state index contributed by atoms with van der Waals surface area (Å²) in [6, 6.07) is 7.54. The maximum Gasteiger partial charge on any atom is 0.118 e. The highest BCUT2D eigenvalue weighted by Gasteiger charge is 2.20. The Morgan fingerprint density at radius 2 is 2.04 bits per heavy atom. The molecule has 1 saturated carbocycles. The summed E-state index contributed by atoms with van der Waals surface area (Å²) in [7, 11) is 1.64. The maximum absolute atomic E-state index is 10.2. The number of nitrogens with one attached hydrogen (secondary N) is 1. The average Bonchev–Trinajstić information content (AvgIpc) is 3.26. The van der Waals surface area contributed by atoms with Gasteiger partial charge in [0.05, 0.1) is 18.2 Å². The first-order chi connectivity index (χ1) is 11.3. The fraction of sp³-hybridized carbons (Fsp3) is 0.500. The van der Waals surface area contributed by atoms with Gasteiger partial charge < -0.3 is 15.2 Å². The summed E-state index contributed by atoms with van der Waals surface area (Å²) in [4.78, 5) is 5.82. The Labute approximate surface area is 141 Å². The minimum Gasteiger partial charge on any atom is -0.497 e. The minimum atomic E-state index is -0.511. The first kappa shape index (κ1) is 16.4. The van der Waals surface area contributed by atoms with Crippen LogP contribution < -0.4 is 10.1 Å². The van der Waals surface area contributed by atoms with Crippen molar-refractivity contribution in [2.75, 3.05) is 13.7 Å². The van der Waals surface area contributed by atoms with Crippen molar-refractivity contribution in [1.82, 2.24) is 10.3 Å². The van der Waals surface area contributed by atoms with Crippen molar-refractivity contribution in [3.05, 3.63) is 45.9 Å². The SMILES string of the molecule is COc1ccc(C(O)CNCc2cnc(C3CCCC3)s2)cc1. The number of methoxy groups -OCH3 is 1. The summed E-state index contributed by atoms with van der Waals surface area (Å²) in [6.07, 6.45) is 6.72. The van der Waals surface area contributed by atoms with Crippen LogP contribution in [0.5, 0.6) is 5.75 Å². The maximum atomic E-state index is 10.2. The fourth-order valence-electron chi connectivity index (χ4n) is 3.04. The predicted octanol–water partition coefficient (Wildman–Crippen LogP) is 3.63. The molecule has 1 atom stereocenters. The molecule has 124 valence electrons. The number of ether oxygens (including phenoxy) is 1. The van der Waals surface area contributed by atoms with Gasteiger partial charge in [0.25, 0.3) is 0 Å². The van der Waals surface area contributed by atoms with E-state index < -0.39 is 6.10 Å². The summed E-state index contributed by atoms with van der Waals surface area (Å²) in [5, 5.41) is 14.8. The quantitative estimate of drug-likeness (QED) is 0.813.